The van der Waals surface area contributed by atoms with E-state index in [-0.39, 0.29) is 17.7 Å². The minimum atomic E-state index is -0.268. The van der Waals surface area contributed by atoms with Gasteiger partial charge in [0.25, 0.3) is 0 Å². The molecule has 0 bridgehead atoms. The van der Waals surface area contributed by atoms with Crippen LogP contribution in [0.1, 0.15) is 17.5 Å². The molecular formula is C17H23N3O3. The van der Waals surface area contributed by atoms with Gasteiger partial charge in [0.05, 0.1) is 19.1 Å². The Morgan fingerprint density at radius 1 is 1.26 bits per heavy atom. The third-order valence-electron chi connectivity index (χ3n) is 4.36. The van der Waals surface area contributed by atoms with Crippen LogP contribution in [0, 0.1) is 12.8 Å². The van der Waals surface area contributed by atoms with Crippen LogP contribution in [0.5, 0.6) is 0 Å². The third kappa shape index (κ3) is 4.09. The monoisotopic (exact) mass is 317 g/mol. The molecule has 1 N–H and O–H groups in total. The summed E-state index contributed by atoms with van der Waals surface area (Å²) in [5.41, 5.74) is 5.20. The first kappa shape index (κ1) is 16.0. The van der Waals surface area contributed by atoms with E-state index in [0.717, 1.165) is 5.56 Å². The number of morpholine rings is 1. The standard InChI is InChI=1S/C17H23N3O3/c1-13-2-4-14(5-3-13)11-19-12-15(10-16(19)21)17(22)18-20-6-8-23-9-7-20/h2-5,15H,6-12H2,1H3,(H,18,22). The Hall–Kier alpha value is -1.92. The van der Waals surface area contributed by atoms with Crippen LogP contribution in [0.25, 0.3) is 0 Å². The Balaban J connectivity index is 1.54. The van der Waals surface area contributed by atoms with Crippen LogP contribution in [-0.2, 0) is 20.9 Å². The van der Waals surface area contributed by atoms with Gasteiger partial charge in [-0.2, -0.15) is 0 Å². The Bertz CT molecular complexity index is 567. The number of hydrazine groups is 1. The number of amides is 2. The highest BCUT2D eigenvalue weighted by atomic mass is 16.5. The van der Waals surface area contributed by atoms with E-state index in [4.69, 9.17) is 4.74 Å². The van der Waals surface area contributed by atoms with E-state index in [0.29, 0.717) is 45.8 Å². The lowest BCUT2D eigenvalue weighted by Gasteiger charge is -2.28. The Labute approximate surface area is 136 Å². The lowest BCUT2D eigenvalue weighted by Crippen LogP contribution is -2.50. The maximum absolute atomic E-state index is 12.3. The molecule has 2 aliphatic heterocycles. The molecule has 0 aliphatic carbocycles. The molecule has 3 rings (SSSR count). The summed E-state index contributed by atoms with van der Waals surface area (Å²) in [4.78, 5) is 26.3. The average molecular weight is 317 g/mol. The normalized spacial score (nSPS) is 22.4. The van der Waals surface area contributed by atoms with E-state index in [1.165, 1.54) is 5.56 Å². The van der Waals surface area contributed by atoms with Gasteiger partial charge < -0.3 is 9.64 Å². The zero-order valence-electron chi connectivity index (χ0n) is 13.5. The number of hydrogen-bond donors (Lipinski definition) is 1. The van der Waals surface area contributed by atoms with Crippen molar-refractivity contribution >= 4 is 11.8 Å². The van der Waals surface area contributed by atoms with E-state index in [9.17, 15) is 9.59 Å². The Morgan fingerprint density at radius 3 is 2.65 bits per heavy atom. The molecule has 2 aliphatic rings. The number of rotatable bonds is 4. The van der Waals surface area contributed by atoms with Crippen LogP contribution in [0.4, 0.5) is 0 Å². The first-order valence-corrected chi connectivity index (χ1v) is 8.08. The lowest BCUT2D eigenvalue weighted by atomic mass is 10.1. The maximum atomic E-state index is 12.3. The molecule has 0 saturated carbocycles. The summed E-state index contributed by atoms with van der Waals surface area (Å²) in [5.74, 6) is -0.282. The molecule has 2 saturated heterocycles. The number of aryl methyl sites for hydroxylation is 1. The minimum absolute atomic E-state index is 0.0488. The van der Waals surface area contributed by atoms with Crippen molar-refractivity contribution in [1.82, 2.24) is 15.3 Å². The zero-order chi connectivity index (χ0) is 16.2. The molecule has 23 heavy (non-hydrogen) atoms. The van der Waals surface area contributed by atoms with E-state index in [2.05, 4.69) is 5.43 Å². The second-order valence-corrected chi connectivity index (χ2v) is 6.24. The van der Waals surface area contributed by atoms with Crippen molar-refractivity contribution in [1.29, 1.82) is 0 Å². The van der Waals surface area contributed by atoms with Crippen LogP contribution in [0.2, 0.25) is 0 Å². The van der Waals surface area contributed by atoms with E-state index in [1.807, 2.05) is 36.2 Å². The molecule has 2 heterocycles. The van der Waals surface area contributed by atoms with Crippen molar-refractivity contribution in [2.45, 2.75) is 19.9 Å². The van der Waals surface area contributed by atoms with Crippen LogP contribution >= 0.6 is 0 Å². The number of nitrogens with one attached hydrogen (secondary N) is 1. The van der Waals surface area contributed by atoms with Crippen molar-refractivity contribution in [2.24, 2.45) is 5.92 Å². The van der Waals surface area contributed by atoms with E-state index < -0.39 is 0 Å². The van der Waals surface area contributed by atoms with Gasteiger partial charge in [-0.1, -0.05) is 29.8 Å². The van der Waals surface area contributed by atoms with Crippen LogP contribution < -0.4 is 5.43 Å². The minimum Gasteiger partial charge on any atom is -0.379 e. The molecule has 124 valence electrons. The first-order chi connectivity index (χ1) is 11.1. The predicted molar refractivity (Wildman–Crippen MR) is 85.2 cm³/mol. The van der Waals surface area contributed by atoms with Gasteiger partial charge in [0.1, 0.15) is 0 Å². The molecule has 0 aromatic heterocycles. The van der Waals surface area contributed by atoms with Gasteiger partial charge in [0.2, 0.25) is 11.8 Å². The number of carbonyl (C=O) groups is 2. The molecule has 1 atom stereocenters. The fourth-order valence-electron chi connectivity index (χ4n) is 2.94. The molecule has 1 aromatic carbocycles. The van der Waals surface area contributed by atoms with Gasteiger partial charge in [-0.25, -0.2) is 5.01 Å². The number of likely N-dealkylation sites (tertiary alicyclic amines) is 1. The highest BCUT2D eigenvalue weighted by Gasteiger charge is 2.34. The fraction of sp³-hybridized carbons (Fsp3) is 0.529. The van der Waals surface area contributed by atoms with Crippen molar-refractivity contribution in [2.75, 3.05) is 32.8 Å². The quantitative estimate of drug-likeness (QED) is 0.888. The van der Waals surface area contributed by atoms with E-state index >= 15 is 0 Å². The molecule has 0 radical (unpaired) electrons. The molecule has 1 aromatic rings. The fourth-order valence-corrected chi connectivity index (χ4v) is 2.94. The van der Waals surface area contributed by atoms with Crippen molar-refractivity contribution < 1.29 is 14.3 Å². The topological polar surface area (TPSA) is 61.9 Å². The molecular weight excluding hydrogens is 294 g/mol. The van der Waals surface area contributed by atoms with Crippen LogP contribution in [-0.4, -0.2) is 54.6 Å². The predicted octanol–water partition coefficient (Wildman–Crippen LogP) is 0.707. The molecule has 6 heteroatoms. The number of carbonyl (C=O) groups excluding carboxylic acids is 2. The Kier molecular flexibility index (Phi) is 4.93. The molecule has 1 unspecified atom stereocenters. The maximum Gasteiger partial charge on any atom is 0.239 e. The number of nitrogens with zero attached hydrogens (tertiary/aromatic N) is 2. The van der Waals surface area contributed by atoms with Gasteiger partial charge in [-0.15, -0.1) is 0 Å². The summed E-state index contributed by atoms with van der Waals surface area (Å²) >= 11 is 0. The summed E-state index contributed by atoms with van der Waals surface area (Å²) in [6, 6.07) is 8.14. The van der Waals surface area contributed by atoms with Gasteiger partial charge >= 0.3 is 0 Å². The van der Waals surface area contributed by atoms with E-state index in [1.54, 1.807) is 4.90 Å². The summed E-state index contributed by atoms with van der Waals surface area (Å²) in [7, 11) is 0. The summed E-state index contributed by atoms with van der Waals surface area (Å²) < 4.78 is 5.26. The molecule has 2 amide bonds. The van der Waals surface area contributed by atoms with Crippen molar-refractivity contribution in [3.05, 3.63) is 35.4 Å². The molecule has 0 spiro atoms. The SMILES string of the molecule is Cc1ccc(CN2CC(C(=O)NN3CCOCC3)CC2=O)cc1. The summed E-state index contributed by atoms with van der Waals surface area (Å²) in [6.45, 7) is 5.74. The largest absolute Gasteiger partial charge is 0.379 e. The number of ether oxygens (including phenoxy) is 1. The van der Waals surface area contributed by atoms with Crippen LogP contribution in [0.15, 0.2) is 24.3 Å². The third-order valence-corrected chi connectivity index (χ3v) is 4.36. The second kappa shape index (κ2) is 7.10. The molecule has 6 nitrogen and oxygen atoms in total. The van der Waals surface area contributed by atoms with Gasteiger partial charge in [-0.3, -0.25) is 15.0 Å². The summed E-state index contributed by atoms with van der Waals surface area (Å²) in [6.07, 6.45) is 0.294. The highest BCUT2D eigenvalue weighted by Crippen LogP contribution is 2.20. The second-order valence-electron chi connectivity index (χ2n) is 6.24. The summed E-state index contributed by atoms with van der Waals surface area (Å²) in [5, 5.41) is 1.87. The van der Waals surface area contributed by atoms with Crippen molar-refractivity contribution in [3.63, 3.8) is 0 Å². The smallest absolute Gasteiger partial charge is 0.239 e. The number of benzene rings is 1. The highest BCUT2D eigenvalue weighted by molar-refractivity contribution is 5.89. The molecule has 2 fully saturated rings. The van der Waals surface area contributed by atoms with Crippen LogP contribution in [0.3, 0.4) is 0 Å². The van der Waals surface area contributed by atoms with Crippen molar-refractivity contribution in [3.8, 4) is 0 Å². The van der Waals surface area contributed by atoms with Gasteiger partial charge in [0.15, 0.2) is 0 Å². The van der Waals surface area contributed by atoms with Gasteiger partial charge in [-0.05, 0) is 12.5 Å². The first-order valence-electron chi connectivity index (χ1n) is 8.08. The Morgan fingerprint density at radius 2 is 1.96 bits per heavy atom. The zero-order valence-corrected chi connectivity index (χ0v) is 13.5. The lowest BCUT2D eigenvalue weighted by molar-refractivity contribution is -0.132. The van der Waals surface area contributed by atoms with Gasteiger partial charge in [0, 0.05) is 32.6 Å². The number of hydrogen-bond acceptors (Lipinski definition) is 4. The average Bonchev–Trinajstić information content (AvgIpc) is 2.92.